The van der Waals surface area contributed by atoms with E-state index in [0.717, 1.165) is 72.8 Å². The minimum atomic E-state index is 0.0318. The van der Waals surface area contributed by atoms with Crippen LogP contribution in [0, 0.1) is 0 Å². The van der Waals surface area contributed by atoms with Gasteiger partial charge in [0.15, 0.2) is 0 Å². The van der Waals surface area contributed by atoms with Gasteiger partial charge in [-0.25, -0.2) is 4.98 Å². The summed E-state index contributed by atoms with van der Waals surface area (Å²) in [5.41, 5.74) is 3.88. The zero-order valence-electron chi connectivity index (χ0n) is 17.6. The Morgan fingerprint density at radius 2 is 1.87 bits per heavy atom. The van der Waals surface area contributed by atoms with Gasteiger partial charge in [0, 0.05) is 54.4 Å². The highest BCUT2D eigenvalue weighted by Crippen LogP contribution is 2.41. The van der Waals surface area contributed by atoms with Crippen LogP contribution in [0.2, 0.25) is 5.02 Å². The van der Waals surface area contributed by atoms with Gasteiger partial charge in [-0.05, 0) is 37.7 Å². The molecule has 0 aliphatic carbocycles. The normalized spacial score (nSPS) is 17.2. The van der Waals surface area contributed by atoms with Crippen LogP contribution in [0.3, 0.4) is 0 Å². The number of para-hydroxylation sites is 1. The first-order chi connectivity index (χ1) is 15.1. The molecule has 0 bridgehead atoms. The number of nitrogens with one attached hydrogen (secondary N) is 1. The number of pyridine rings is 1. The Morgan fingerprint density at radius 3 is 2.68 bits per heavy atom. The third-order valence-electron chi connectivity index (χ3n) is 6.16. The first kappa shape index (κ1) is 20.2. The molecular weight excluding hydrogens is 410 g/mol. The molecule has 1 N–H and O–H groups in total. The van der Waals surface area contributed by atoms with Crippen LogP contribution in [0.5, 0.6) is 0 Å². The molecule has 7 heteroatoms. The molecule has 2 aliphatic heterocycles. The molecule has 0 saturated carbocycles. The van der Waals surface area contributed by atoms with Crippen LogP contribution in [0.1, 0.15) is 5.56 Å². The molecule has 2 aliphatic rings. The third-order valence-corrected chi connectivity index (χ3v) is 6.40. The van der Waals surface area contributed by atoms with Crippen LogP contribution in [0.4, 0.5) is 17.2 Å². The topological polar surface area (TPSA) is 51.7 Å². The maximum atomic E-state index is 13.0. The number of carbonyl (C=O) groups is 1. The minimum Gasteiger partial charge on any atom is -0.326 e. The second-order valence-electron chi connectivity index (χ2n) is 8.32. The number of likely N-dealkylation sites (N-methyl/N-ethyl adjacent to an activating group) is 1. The quantitative estimate of drug-likeness (QED) is 0.676. The Balaban J connectivity index is 1.47. The lowest BCUT2D eigenvalue weighted by Crippen LogP contribution is -2.47. The molecule has 6 nitrogen and oxygen atoms in total. The molecule has 0 radical (unpaired) electrons. The lowest BCUT2D eigenvalue weighted by atomic mass is 10.1. The smallest absolute Gasteiger partial charge is 0.238 e. The number of rotatable bonds is 4. The number of fused-ring (bicyclic) bond motifs is 2. The van der Waals surface area contributed by atoms with Crippen molar-refractivity contribution in [2.75, 3.05) is 56.5 Å². The van der Waals surface area contributed by atoms with Gasteiger partial charge in [0.05, 0.1) is 17.7 Å². The van der Waals surface area contributed by atoms with Crippen LogP contribution in [0.25, 0.3) is 10.9 Å². The lowest BCUT2D eigenvalue weighted by Gasteiger charge is -2.31. The van der Waals surface area contributed by atoms with E-state index in [2.05, 4.69) is 27.1 Å². The molecule has 160 valence electrons. The number of hydrogen-bond donors (Lipinski definition) is 1. The number of hydrogen-bond acceptors (Lipinski definition) is 5. The Morgan fingerprint density at radius 1 is 1.06 bits per heavy atom. The summed E-state index contributed by atoms with van der Waals surface area (Å²) in [6, 6.07) is 15.8. The largest absolute Gasteiger partial charge is 0.326 e. The molecule has 1 aromatic heterocycles. The Bertz CT molecular complexity index is 1130. The highest BCUT2D eigenvalue weighted by molar-refractivity contribution is 6.30. The van der Waals surface area contributed by atoms with E-state index in [1.807, 2.05) is 48.5 Å². The molecule has 5 rings (SSSR count). The zero-order valence-corrected chi connectivity index (χ0v) is 18.4. The number of benzene rings is 2. The molecule has 31 heavy (non-hydrogen) atoms. The van der Waals surface area contributed by atoms with Crippen molar-refractivity contribution >= 4 is 45.6 Å². The van der Waals surface area contributed by atoms with Crippen molar-refractivity contribution in [2.45, 2.75) is 6.42 Å². The molecule has 0 spiro atoms. The van der Waals surface area contributed by atoms with E-state index < -0.39 is 0 Å². The van der Waals surface area contributed by atoms with Gasteiger partial charge < -0.3 is 15.1 Å². The van der Waals surface area contributed by atoms with E-state index >= 15 is 0 Å². The lowest BCUT2D eigenvalue weighted by molar-refractivity contribution is -0.117. The maximum absolute atomic E-state index is 13.0. The number of piperazine rings is 1. The molecular formula is C24H26ClN5O. The fourth-order valence-corrected chi connectivity index (χ4v) is 4.64. The van der Waals surface area contributed by atoms with Crippen molar-refractivity contribution in [3.8, 4) is 0 Å². The van der Waals surface area contributed by atoms with Crippen LogP contribution in [-0.2, 0) is 11.2 Å². The first-order valence-electron chi connectivity index (χ1n) is 10.7. The van der Waals surface area contributed by atoms with E-state index in [4.69, 9.17) is 16.6 Å². The first-order valence-corrected chi connectivity index (χ1v) is 11.1. The van der Waals surface area contributed by atoms with Crippen LogP contribution < -0.4 is 10.2 Å². The van der Waals surface area contributed by atoms with Crippen molar-refractivity contribution in [1.82, 2.24) is 14.8 Å². The molecule has 3 aromatic rings. The molecule has 0 unspecified atom stereocenters. The van der Waals surface area contributed by atoms with Crippen molar-refractivity contribution in [3.05, 3.63) is 59.1 Å². The summed E-state index contributed by atoms with van der Waals surface area (Å²) in [4.78, 5) is 24.6. The number of nitrogens with zero attached hydrogens (tertiary/aromatic N) is 4. The summed E-state index contributed by atoms with van der Waals surface area (Å²) in [7, 11) is 2.12. The van der Waals surface area contributed by atoms with E-state index in [0.29, 0.717) is 11.6 Å². The summed E-state index contributed by atoms with van der Waals surface area (Å²) < 4.78 is 0. The number of carbonyl (C=O) groups excluding carboxylic acids is 1. The van der Waals surface area contributed by atoms with Gasteiger partial charge in [0.2, 0.25) is 5.91 Å². The summed E-state index contributed by atoms with van der Waals surface area (Å²) in [5, 5.41) is 4.93. The van der Waals surface area contributed by atoms with E-state index in [1.165, 1.54) is 0 Å². The predicted molar refractivity (Wildman–Crippen MR) is 126 cm³/mol. The van der Waals surface area contributed by atoms with Crippen molar-refractivity contribution in [3.63, 3.8) is 0 Å². The van der Waals surface area contributed by atoms with Gasteiger partial charge in [-0.2, -0.15) is 0 Å². The van der Waals surface area contributed by atoms with Gasteiger partial charge in [0.25, 0.3) is 0 Å². The minimum absolute atomic E-state index is 0.0318. The van der Waals surface area contributed by atoms with Gasteiger partial charge in [-0.3, -0.25) is 9.69 Å². The van der Waals surface area contributed by atoms with Gasteiger partial charge in [-0.15, -0.1) is 0 Å². The SMILES string of the molecule is CN1CCN(CC(=O)Nc2c3c(nc4ccccc24)N(c2cccc(Cl)c2)CC3)CC1. The van der Waals surface area contributed by atoms with Crippen LogP contribution in [-0.4, -0.2) is 67.0 Å². The summed E-state index contributed by atoms with van der Waals surface area (Å²) in [5.74, 6) is 0.931. The maximum Gasteiger partial charge on any atom is 0.238 e. The molecule has 3 heterocycles. The fraction of sp³-hybridized carbons (Fsp3) is 0.333. The third kappa shape index (κ3) is 4.11. The van der Waals surface area contributed by atoms with Crippen molar-refractivity contribution in [2.24, 2.45) is 0 Å². The van der Waals surface area contributed by atoms with E-state index in [1.54, 1.807) is 0 Å². The molecule has 2 aromatic carbocycles. The Kier molecular flexibility index (Phi) is 5.52. The van der Waals surface area contributed by atoms with Crippen molar-refractivity contribution < 1.29 is 4.79 Å². The monoisotopic (exact) mass is 435 g/mol. The molecule has 1 saturated heterocycles. The summed E-state index contributed by atoms with van der Waals surface area (Å²) in [6.45, 7) is 5.05. The van der Waals surface area contributed by atoms with Gasteiger partial charge in [0.1, 0.15) is 5.82 Å². The second kappa shape index (κ2) is 8.46. The fourth-order valence-electron chi connectivity index (χ4n) is 4.45. The van der Waals surface area contributed by atoms with Crippen LogP contribution in [0.15, 0.2) is 48.5 Å². The second-order valence-corrected chi connectivity index (χ2v) is 8.75. The number of halogens is 1. The zero-order chi connectivity index (χ0) is 21.4. The molecule has 1 fully saturated rings. The number of amides is 1. The highest BCUT2D eigenvalue weighted by Gasteiger charge is 2.28. The number of aromatic nitrogens is 1. The van der Waals surface area contributed by atoms with Gasteiger partial charge in [-0.1, -0.05) is 35.9 Å². The Hall–Kier alpha value is -2.67. The summed E-state index contributed by atoms with van der Waals surface area (Å²) in [6.07, 6.45) is 0.823. The predicted octanol–water partition coefficient (Wildman–Crippen LogP) is 3.77. The average molecular weight is 436 g/mol. The highest BCUT2D eigenvalue weighted by atomic mass is 35.5. The van der Waals surface area contributed by atoms with Crippen LogP contribution >= 0.6 is 11.6 Å². The molecule has 0 atom stereocenters. The Labute approximate surface area is 187 Å². The number of anilines is 3. The van der Waals surface area contributed by atoms with Gasteiger partial charge >= 0.3 is 0 Å². The summed E-state index contributed by atoms with van der Waals surface area (Å²) >= 11 is 6.24. The van der Waals surface area contributed by atoms with E-state index in [-0.39, 0.29) is 5.91 Å². The van der Waals surface area contributed by atoms with E-state index in [9.17, 15) is 4.79 Å². The average Bonchev–Trinajstić information content (AvgIpc) is 3.19. The standard InChI is InChI=1S/C24H26ClN5O/c1-28-11-13-29(14-12-28)16-22(31)27-23-19-7-2-3-8-21(19)26-24-20(23)9-10-30(24)18-6-4-5-17(25)15-18/h2-8,15H,9-14,16H2,1H3,(H,26,27,31). The van der Waals surface area contributed by atoms with Crippen molar-refractivity contribution in [1.29, 1.82) is 0 Å². The molecule has 1 amide bonds.